The Labute approximate surface area is 128 Å². The third-order valence-corrected chi connectivity index (χ3v) is 3.30. The highest BCUT2D eigenvalue weighted by Crippen LogP contribution is 2.17. The minimum atomic E-state index is -0.450. The number of halogens is 2. The van der Waals surface area contributed by atoms with Crippen LogP contribution in [0.5, 0.6) is 0 Å². The Balaban J connectivity index is 1.88. The van der Waals surface area contributed by atoms with E-state index in [9.17, 15) is 9.18 Å². The van der Waals surface area contributed by atoms with Crippen LogP contribution >= 0.6 is 11.6 Å². The second kappa shape index (κ2) is 7.20. The summed E-state index contributed by atoms with van der Waals surface area (Å²) >= 11 is 5.93. The molecule has 21 heavy (non-hydrogen) atoms. The fraction of sp³-hybridized carbons (Fsp3) is 0.188. The van der Waals surface area contributed by atoms with Gasteiger partial charge in [-0.2, -0.15) is 0 Å². The van der Waals surface area contributed by atoms with Gasteiger partial charge in [-0.25, -0.2) is 4.39 Å². The summed E-state index contributed by atoms with van der Waals surface area (Å²) in [6.07, 6.45) is 0. The van der Waals surface area contributed by atoms with Crippen molar-refractivity contribution >= 4 is 23.2 Å². The molecule has 2 N–H and O–H groups in total. The van der Waals surface area contributed by atoms with Gasteiger partial charge in [0.05, 0.1) is 12.2 Å². The number of anilines is 1. The Hall–Kier alpha value is -1.91. The number of rotatable bonds is 5. The predicted octanol–water partition coefficient (Wildman–Crippen LogP) is 3.77. The molecule has 0 unspecified atom stereocenters. The highest BCUT2D eigenvalue weighted by molar-refractivity contribution is 6.30. The smallest absolute Gasteiger partial charge is 0.238 e. The van der Waals surface area contributed by atoms with Gasteiger partial charge in [0.25, 0.3) is 0 Å². The first-order chi connectivity index (χ1) is 10.1. The molecule has 0 bridgehead atoms. The van der Waals surface area contributed by atoms with Gasteiger partial charge >= 0.3 is 0 Å². The van der Waals surface area contributed by atoms with Crippen LogP contribution in [0.25, 0.3) is 0 Å². The van der Waals surface area contributed by atoms with Crippen molar-refractivity contribution in [3.05, 3.63) is 64.9 Å². The number of carbonyl (C=O) groups is 1. The minimum Gasteiger partial charge on any atom is -0.322 e. The normalized spacial score (nSPS) is 12.0. The maximum absolute atomic E-state index is 13.4. The molecule has 0 radical (unpaired) electrons. The van der Waals surface area contributed by atoms with Gasteiger partial charge in [-0.1, -0.05) is 35.9 Å². The summed E-state index contributed by atoms with van der Waals surface area (Å²) in [6.45, 7) is 2.02. The number of benzene rings is 2. The molecule has 1 amide bonds. The van der Waals surface area contributed by atoms with Crippen LogP contribution < -0.4 is 10.6 Å². The average molecular weight is 307 g/mol. The molecule has 0 heterocycles. The molecule has 3 nitrogen and oxygen atoms in total. The van der Waals surface area contributed by atoms with Crippen molar-refractivity contribution in [2.45, 2.75) is 13.0 Å². The van der Waals surface area contributed by atoms with Gasteiger partial charge in [-0.15, -0.1) is 0 Å². The zero-order chi connectivity index (χ0) is 15.2. The van der Waals surface area contributed by atoms with E-state index in [4.69, 9.17) is 11.6 Å². The molecule has 110 valence electrons. The second-order valence-corrected chi connectivity index (χ2v) is 5.12. The minimum absolute atomic E-state index is 0.0323. The highest BCUT2D eigenvalue weighted by Gasteiger charge is 2.09. The van der Waals surface area contributed by atoms with E-state index in [-0.39, 0.29) is 24.2 Å². The Kier molecular flexibility index (Phi) is 5.31. The van der Waals surface area contributed by atoms with Gasteiger partial charge in [0, 0.05) is 11.1 Å². The number of para-hydroxylation sites is 1. The van der Waals surface area contributed by atoms with Gasteiger partial charge < -0.3 is 10.6 Å². The molecule has 1 atom stereocenters. The molecule has 2 aromatic carbocycles. The molecule has 2 rings (SSSR count). The first-order valence-electron chi connectivity index (χ1n) is 6.59. The summed E-state index contributed by atoms with van der Waals surface area (Å²) in [5, 5.41) is 6.25. The molecule has 0 fully saturated rings. The van der Waals surface area contributed by atoms with Gasteiger partial charge in [0.1, 0.15) is 5.82 Å². The van der Waals surface area contributed by atoms with Crippen LogP contribution in [0.4, 0.5) is 10.1 Å². The fourth-order valence-electron chi connectivity index (χ4n) is 1.90. The van der Waals surface area contributed by atoms with E-state index < -0.39 is 5.82 Å². The van der Waals surface area contributed by atoms with Crippen LogP contribution in [-0.4, -0.2) is 12.5 Å². The topological polar surface area (TPSA) is 41.1 Å². The fourth-order valence-corrected chi connectivity index (χ4v) is 2.10. The number of carbonyl (C=O) groups excluding carboxylic acids is 1. The van der Waals surface area contributed by atoms with E-state index >= 15 is 0 Å². The Morgan fingerprint density at radius 2 is 2.00 bits per heavy atom. The summed E-state index contributed by atoms with van der Waals surface area (Å²) in [6, 6.07) is 13.5. The zero-order valence-corrected chi connectivity index (χ0v) is 12.3. The summed E-state index contributed by atoms with van der Waals surface area (Å²) in [5.41, 5.74) is 1.17. The van der Waals surface area contributed by atoms with E-state index in [0.29, 0.717) is 5.02 Å². The second-order valence-electron chi connectivity index (χ2n) is 4.69. The van der Waals surface area contributed by atoms with Crippen LogP contribution in [-0.2, 0) is 4.79 Å². The highest BCUT2D eigenvalue weighted by atomic mass is 35.5. The lowest BCUT2D eigenvalue weighted by Crippen LogP contribution is -2.30. The summed E-state index contributed by atoms with van der Waals surface area (Å²) < 4.78 is 13.4. The molecule has 0 aliphatic heterocycles. The molecular formula is C16H16ClFN2O. The van der Waals surface area contributed by atoms with E-state index in [1.807, 2.05) is 25.1 Å². The maximum atomic E-state index is 13.4. The van der Waals surface area contributed by atoms with Gasteiger partial charge in [-0.05, 0) is 36.8 Å². The summed E-state index contributed by atoms with van der Waals surface area (Å²) in [4.78, 5) is 11.8. The van der Waals surface area contributed by atoms with Crippen molar-refractivity contribution < 1.29 is 9.18 Å². The first-order valence-corrected chi connectivity index (χ1v) is 6.97. The van der Waals surface area contributed by atoms with E-state index in [2.05, 4.69) is 10.6 Å². The number of nitrogens with one attached hydrogen (secondary N) is 2. The van der Waals surface area contributed by atoms with E-state index in [1.165, 1.54) is 12.1 Å². The van der Waals surface area contributed by atoms with Crippen LogP contribution in [0.2, 0.25) is 5.02 Å². The molecule has 0 saturated heterocycles. The van der Waals surface area contributed by atoms with Crippen molar-refractivity contribution in [1.29, 1.82) is 0 Å². The van der Waals surface area contributed by atoms with Crippen molar-refractivity contribution in [3.63, 3.8) is 0 Å². The quantitative estimate of drug-likeness (QED) is 0.883. The van der Waals surface area contributed by atoms with Crippen molar-refractivity contribution in [2.75, 3.05) is 11.9 Å². The lowest BCUT2D eigenvalue weighted by atomic mass is 10.1. The lowest BCUT2D eigenvalue weighted by Gasteiger charge is -2.14. The molecule has 0 aliphatic carbocycles. The number of amides is 1. The monoisotopic (exact) mass is 306 g/mol. The van der Waals surface area contributed by atoms with Crippen molar-refractivity contribution in [2.24, 2.45) is 0 Å². The first kappa shape index (κ1) is 15.5. The zero-order valence-electron chi connectivity index (χ0n) is 11.6. The van der Waals surface area contributed by atoms with E-state index in [1.54, 1.807) is 18.2 Å². The van der Waals surface area contributed by atoms with Gasteiger partial charge in [0.15, 0.2) is 0 Å². The summed E-state index contributed by atoms with van der Waals surface area (Å²) in [5.74, 6) is -0.747. The average Bonchev–Trinajstić information content (AvgIpc) is 2.47. The van der Waals surface area contributed by atoms with Crippen LogP contribution in [0.3, 0.4) is 0 Å². The largest absolute Gasteiger partial charge is 0.322 e. The number of hydrogen-bond acceptors (Lipinski definition) is 2. The van der Waals surface area contributed by atoms with Gasteiger partial charge in [-0.3, -0.25) is 4.79 Å². The van der Waals surface area contributed by atoms with Crippen LogP contribution in [0.1, 0.15) is 18.5 Å². The molecule has 2 aromatic rings. The van der Waals surface area contributed by atoms with Gasteiger partial charge in [0.2, 0.25) is 5.91 Å². The van der Waals surface area contributed by atoms with Crippen LogP contribution in [0.15, 0.2) is 48.5 Å². The molecule has 0 spiro atoms. The van der Waals surface area contributed by atoms with E-state index in [0.717, 1.165) is 5.56 Å². The standard InChI is InChI=1S/C16H16ClFN2O/c1-11(12-5-4-6-13(17)9-12)19-10-16(21)20-15-8-3-2-7-14(15)18/h2-9,11,19H,10H2,1H3,(H,20,21)/t11-/m0/s1. The molecule has 0 saturated carbocycles. The van der Waals surface area contributed by atoms with Crippen molar-refractivity contribution in [1.82, 2.24) is 5.32 Å². The Bertz CT molecular complexity index is 633. The third-order valence-electron chi connectivity index (χ3n) is 3.07. The Morgan fingerprint density at radius 3 is 2.71 bits per heavy atom. The SMILES string of the molecule is C[C@H](NCC(=O)Nc1ccccc1F)c1cccc(Cl)c1. The number of hydrogen-bond donors (Lipinski definition) is 2. The lowest BCUT2D eigenvalue weighted by molar-refractivity contribution is -0.115. The predicted molar refractivity (Wildman–Crippen MR) is 82.9 cm³/mol. The Morgan fingerprint density at radius 1 is 1.24 bits per heavy atom. The molecule has 5 heteroatoms. The molecular weight excluding hydrogens is 291 g/mol. The molecule has 0 aromatic heterocycles. The van der Waals surface area contributed by atoms with Crippen molar-refractivity contribution in [3.8, 4) is 0 Å². The summed E-state index contributed by atoms with van der Waals surface area (Å²) in [7, 11) is 0. The molecule has 0 aliphatic rings. The maximum Gasteiger partial charge on any atom is 0.238 e. The van der Waals surface area contributed by atoms with Crippen LogP contribution in [0, 0.1) is 5.82 Å². The third kappa shape index (κ3) is 4.55.